The fourth-order valence-corrected chi connectivity index (χ4v) is 4.61. The Balaban J connectivity index is 1.60. The average molecular weight is 584 g/mol. The van der Waals surface area contributed by atoms with E-state index >= 15 is 0 Å². The van der Waals surface area contributed by atoms with Gasteiger partial charge in [0.1, 0.15) is 18.1 Å². The van der Waals surface area contributed by atoms with E-state index in [0.29, 0.717) is 6.61 Å². The minimum absolute atomic E-state index is 0.0739. The van der Waals surface area contributed by atoms with Crippen molar-refractivity contribution in [2.45, 2.75) is 45.0 Å². The molecule has 40 heavy (non-hydrogen) atoms. The molecule has 9 nitrogen and oxygen atoms in total. The van der Waals surface area contributed by atoms with Gasteiger partial charge < -0.3 is 24.7 Å². The van der Waals surface area contributed by atoms with Gasteiger partial charge in [0.05, 0.1) is 29.6 Å². The van der Waals surface area contributed by atoms with Gasteiger partial charge >= 0.3 is 12.2 Å². The van der Waals surface area contributed by atoms with Crippen LogP contribution >= 0.6 is 0 Å². The quantitative estimate of drug-likeness (QED) is 0.194. The van der Waals surface area contributed by atoms with Crippen LogP contribution in [0.5, 0.6) is 11.5 Å². The minimum Gasteiger partial charge on any atom is -0.450 e. The summed E-state index contributed by atoms with van der Waals surface area (Å²) in [6.45, 7) is 6.64. The molecule has 1 aromatic carbocycles. The third-order valence-electron chi connectivity index (χ3n) is 5.83. The number of hydrogen-bond donors (Lipinski definition) is 2. The summed E-state index contributed by atoms with van der Waals surface area (Å²) in [6, 6.07) is 2.37. The highest BCUT2D eigenvalue weighted by Crippen LogP contribution is 2.42. The maximum absolute atomic E-state index is 14.9. The Bertz CT molecular complexity index is 1460. The topological polar surface area (TPSA) is 107 Å². The molecule has 0 bridgehead atoms. The number of aromatic nitrogens is 2. The zero-order valence-corrected chi connectivity index (χ0v) is 22.8. The number of aliphatic imine (C=N–C) groups is 1. The van der Waals surface area contributed by atoms with Gasteiger partial charge in [0.25, 0.3) is 0 Å². The molecule has 15 heteroatoms. The molecule has 3 aromatic rings. The van der Waals surface area contributed by atoms with Crippen LogP contribution in [0, 0.1) is 11.6 Å². The van der Waals surface area contributed by atoms with Crippen LogP contribution < -0.4 is 15.4 Å². The Hall–Kier alpha value is -3.85. The number of urea groups is 1. The highest BCUT2D eigenvalue weighted by Gasteiger charge is 2.37. The van der Waals surface area contributed by atoms with Crippen molar-refractivity contribution in [1.82, 2.24) is 14.9 Å². The van der Waals surface area contributed by atoms with Gasteiger partial charge in [-0.15, -0.1) is 0 Å². The van der Waals surface area contributed by atoms with Crippen molar-refractivity contribution in [2.75, 3.05) is 18.5 Å². The number of hydrogen-bond acceptors (Lipinski definition) is 5. The molecular formula is C25H26F5N5O4Si. The number of alkyl halides is 3. The van der Waals surface area contributed by atoms with E-state index in [9.17, 15) is 31.5 Å². The van der Waals surface area contributed by atoms with Crippen molar-refractivity contribution < 1.29 is 41.0 Å². The molecule has 3 heterocycles. The summed E-state index contributed by atoms with van der Waals surface area (Å²) in [5.74, 6) is -4.33. The Morgan fingerprint density at radius 2 is 1.93 bits per heavy atom. The molecule has 2 N–H and O–H groups in total. The number of fused-ring (bicyclic) bond motifs is 1. The summed E-state index contributed by atoms with van der Waals surface area (Å²) in [6.07, 6.45) is -2.92. The van der Waals surface area contributed by atoms with Gasteiger partial charge in [-0.2, -0.15) is 13.2 Å². The van der Waals surface area contributed by atoms with Gasteiger partial charge in [-0.1, -0.05) is 19.6 Å². The summed E-state index contributed by atoms with van der Waals surface area (Å²) < 4.78 is 83.7. The molecule has 1 saturated heterocycles. The van der Waals surface area contributed by atoms with Gasteiger partial charge in [0.2, 0.25) is 5.91 Å². The fourth-order valence-electron chi connectivity index (χ4n) is 3.85. The van der Waals surface area contributed by atoms with Crippen molar-refractivity contribution in [3.63, 3.8) is 0 Å². The van der Waals surface area contributed by atoms with E-state index in [1.54, 1.807) is 0 Å². The van der Waals surface area contributed by atoms with Gasteiger partial charge in [-0.3, -0.25) is 4.79 Å². The highest BCUT2D eigenvalue weighted by atomic mass is 28.3. The number of anilines is 1. The first-order chi connectivity index (χ1) is 18.7. The third-order valence-corrected chi connectivity index (χ3v) is 7.53. The summed E-state index contributed by atoms with van der Waals surface area (Å²) >= 11 is 0. The van der Waals surface area contributed by atoms with Crippen LogP contribution in [0.1, 0.15) is 12.0 Å². The number of nitrogens with one attached hydrogen (secondary N) is 2. The van der Waals surface area contributed by atoms with Gasteiger partial charge in [0, 0.05) is 44.9 Å². The molecule has 1 aliphatic heterocycles. The maximum Gasteiger partial charge on any atom is 0.418 e. The number of benzene rings is 1. The number of ether oxygens (including phenoxy) is 2. The first kappa shape index (κ1) is 29.1. The van der Waals surface area contributed by atoms with E-state index in [1.165, 1.54) is 0 Å². The molecular weight excluding hydrogens is 557 g/mol. The smallest absolute Gasteiger partial charge is 0.418 e. The first-order valence-electron chi connectivity index (χ1n) is 12.1. The predicted molar refractivity (Wildman–Crippen MR) is 139 cm³/mol. The number of rotatable bonds is 8. The number of pyridine rings is 1. The van der Waals surface area contributed by atoms with E-state index in [2.05, 4.69) is 40.3 Å². The van der Waals surface area contributed by atoms with Crippen LogP contribution in [0.25, 0.3) is 11.0 Å². The molecule has 1 aliphatic rings. The Morgan fingerprint density at radius 3 is 2.52 bits per heavy atom. The van der Waals surface area contributed by atoms with Crippen molar-refractivity contribution in [3.8, 4) is 11.5 Å². The van der Waals surface area contributed by atoms with Crippen molar-refractivity contribution in [3.05, 3.63) is 47.8 Å². The summed E-state index contributed by atoms with van der Waals surface area (Å²) in [5.41, 5.74) is -1.31. The molecule has 0 unspecified atom stereocenters. The van der Waals surface area contributed by atoms with E-state index in [1.807, 2.05) is 0 Å². The van der Waals surface area contributed by atoms with E-state index in [0.717, 1.165) is 41.2 Å². The molecule has 0 spiro atoms. The zero-order chi connectivity index (χ0) is 29.2. The average Bonchev–Trinajstić information content (AvgIpc) is 3.42. The van der Waals surface area contributed by atoms with E-state index < -0.39 is 54.4 Å². The van der Waals surface area contributed by atoms with E-state index in [4.69, 9.17) is 9.47 Å². The lowest BCUT2D eigenvalue weighted by molar-refractivity contribution is -0.136. The number of carbonyl (C=O) groups is 2. The SMILES string of the molecule is C[Si](C)(C)CCOCn1cc(C(F)(F)F)c2c(Oc3c(F)cc(NC(=O)N=C4CNC(=O)C4)cc3F)ccnc21. The van der Waals surface area contributed by atoms with E-state index in [-0.39, 0.29) is 42.6 Å². The summed E-state index contributed by atoms with van der Waals surface area (Å²) in [4.78, 5) is 31.0. The lowest BCUT2D eigenvalue weighted by Gasteiger charge is -2.15. The molecule has 4 rings (SSSR count). The molecule has 0 aliphatic carbocycles. The van der Waals surface area contributed by atoms with Crippen LogP contribution in [-0.2, 0) is 22.4 Å². The van der Waals surface area contributed by atoms with Crippen molar-refractivity contribution in [2.24, 2.45) is 4.99 Å². The summed E-state index contributed by atoms with van der Waals surface area (Å²) in [5, 5.41) is 4.15. The zero-order valence-electron chi connectivity index (χ0n) is 21.8. The Morgan fingerprint density at radius 1 is 1.23 bits per heavy atom. The van der Waals surface area contributed by atoms with Crippen LogP contribution in [-0.4, -0.2) is 48.4 Å². The fraction of sp³-hybridized carbons (Fsp3) is 0.360. The monoisotopic (exact) mass is 583 g/mol. The molecule has 0 radical (unpaired) electrons. The molecule has 214 valence electrons. The van der Waals surface area contributed by atoms with Crippen LogP contribution in [0.2, 0.25) is 25.7 Å². The second-order valence-electron chi connectivity index (χ2n) is 10.3. The maximum atomic E-state index is 14.9. The molecule has 0 atom stereocenters. The standard InChI is InChI=1S/C25H26F5N5O4Si/c1-40(2,3)7-6-38-13-35-12-16(25(28,29)30)21-19(4-5-31-23(21)35)39-22-17(26)8-14(9-18(22)27)33-24(37)34-15-10-20(36)32-11-15/h4-5,8-9,12H,6-7,10-11,13H2,1-3H3,(H,32,36)(H,33,37). The lowest BCUT2D eigenvalue weighted by Crippen LogP contribution is -2.22. The number of nitrogens with zero attached hydrogens (tertiary/aromatic N) is 3. The largest absolute Gasteiger partial charge is 0.450 e. The van der Waals surface area contributed by atoms with Crippen LogP contribution in [0.4, 0.5) is 32.4 Å². The van der Waals surface area contributed by atoms with Gasteiger partial charge in [-0.25, -0.2) is 23.6 Å². The molecule has 3 amide bonds. The van der Waals surface area contributed by atoms with Crippen LogP contribution in [0.15, 0.2) is 35.6 Å². The third kappa shape index (κ3) is 7.01. The Labute approximate surface area is 226 Å². The van der Waals surface area contributed by atoms with Crippen molar-refractivity contribution in [1.29, 1.82) is 0 Å². The number of halogens is 5. The molecule has 0 saturated carbocycles. The van der Waals surface area contributed by atoms with Crippen molar-refractivity contribution >= 4 is 42.4 Å². The van der Waals surface area contributed by atoms with Gasteiger partial charge in [0.15, 0.2) is 17.4 Å². The lowest BCUT2D eigenvalue weighted by atomic mass is 10.2. The normalized spacial score (nSPS) is 15.1. The number of amides is 3. The second kappa shape index (κ2) is 11.3. The number of carbonyl (C=O) groups excluding carboxylic acids is 2. The van der Waals surface area contributed by atoms with Crippen LogP contribution in [0.3, 0.4) is 0 Å². The van der Waals surface area contributed by atoms with Gasteiger partial charge in [-0.05, 0) is 12.1 Å². The predicted octanol–water partition coefficient (Wildman–Crippen LogP) is 5.93. The second-order valence-corrected chi connectivity index (χ2v) is 15.9. The Kier molecular flexibility index (Phi) is 8.25. The molecule has 2 aromatic heterocycles. The molecule has 1 fully saturated rings. The minimum atomic E-state index is -4.82. The highest BCUT2D eigenvalue weighted by molar-refractivity contribution is 6.76. The summed E-state index contributed by atoms with van der Waals surface area (Å²) in [7, 11) is -1.43. The first-order valence-corrected chi connectivity index (χ1v) is 15.9.